The summed E-state index contributed by atoms with van der Waals surface area (Å²) < 4.78 is 27.5. The fraction of sp³-hybridized carbons (Fsp3) is 0.286. The highest BCUT2D eigenvalue weighted by molar-refractivity contribution is 5.58. The first-order valence-electron chi connectivity index (χ1n) is 6.12. The van der Waals surface area contributed by atoms with Gasteiger partial charge in [0, 0.05) is 0 Å². The lowest BCUT2D eigenvalue weighted by atomic mass is 10.1. The van der Waals surface area contributed by atoms with Gasteiger partial charge < -0.3 is 0 Å². The lowest BCUT2D eigenvalue weighted by molar-refractivity contribution is 0.505. The summed E-state index contributed by atoms with van der Waals surface area (Å²) in [4.78, 5) is 0. The molecule has 0 unspecified atom stereocenters. The van der Waals surface area contributed by atoms with Gasteiger partial charge in [-0.25, -0.2) is 13.5 Å². The summed E-state index contributed by atoms with van der Waals surface area (Å²) in [5.41, 5.74) is 2.31. The molecule has 2 rings (SSSR count). The Hall–Kier alpha value is -2.04. The van der Waals surface area contributed by atoms with E-state index in [4.69, 9.17) is 0 Å². The highest BCUT2D eigenvalue weighted by Crippen LogP contribution is 2.15. The van der Waals surface area contributed by atoms with Crippen LogP contribution >= 0.6 is 0 Å². The predicted octanol–water partition coefficient (Wildman–Crippen LogP) is 3.42. The monoisotopic (exact) mass is 263 g/mol. The summed E-state index contributed by atoms with van der Waals surface area (Å²) in [5.74, 6) is -1.70. The highest BCUT2D eigenvalue weighted by Gasteiger charge is 2.06. The average Bonchev–Trinajstić information content (AvgIpc) is 2.83. The Morgan fingerprint density at radius 2 is 2.11 bits per heavy atom. The highest BCUT2D eigenvalue weighted by atomic mass is 19.2. The first kappa shape index (κ1) is 13.4. The topological polar surface area (TPSA) is 30.7 Å². The Labute approximate surface area is 110 Å². The third kappa shape index (κ3) is 3.24. The van der Waals surface area contributed by atoms with E-state index in [-0.39, 0.29) is 0 Å². The van der Waals surface area contributed by atoms with Gasteiger partial charge in [-0.15, -0.1) is 5.10 Å². The minimum absolute atomic E-state index is 0.351. The molecule has 2 aromatic rings. The Morgan fingerprint density at radius 3 is 2.79 bits per heavy atom. The van der Waals surface area contributed by atoms with E-state index in [2.05, 4.69) is 23.8 Å². The number of benzene rings is 1. The summed E-state index contributed by atoms with van der Waals surface area (Å²) in [6.45, 7) is 6.35. The van der Waals surface area contributed by atoms with E-state index in [1.807, 2.05) is 0 Å². The first-order chi connectivity index (χ1) is 9.10. The summed E-state index contributed by atoms with van der Waals surface area (Å²) in [6, 6.07) is 3.80. The lowest BCUT2D eigenvalue weighted by Crippen LogP contribution is -2.01. The molecule has 0 aliphatic carbocycles. The maximum atomic E-state index is 13.1. The van der Waals surface area contributed by atoms with E-state index >= 15 is 0 Å². The quantitative estimate of drug-likeness (QED) is 0.827. The molecule has 1 aromatic carbocycles. The number of hydrogen-bond donors (Lipinski definition) is 0. The van der Waals surface area contributed by atoms with Crippen molar-refractivity contribution in [2.45, 2.75) is 26.3 Å². The van der Waals surface area contributed by atoms with Gasteiger partial charge in [0.15, 0.2) is 11.6 Å². The van der Waals surface area contributed by atoms with Crippen LogP contribution in [0.25, 0.3) is 5.57 Å². The van der Waals surface area contributed by atoms with Crippen LogP contribution in [0.3, 0.4) is 0 Å². The van der Waals surface area contributed by atoms with Gasteiger partial charge in [-0.3, -0.25) is 0 Å². The molecule has 0 fully saturated rings. The third-order valence-electron chi connectivity index (χ3n) is 2.78. The van der Waals surface area contributed by atoms with E-state index in [1.165, 1.54) is 6.07 Å². The second-order valence-corrected chi connectivity index (χ2v) is 4.40. The van der Waals surface area contributed by atoms with E-state index in [9.17, 15) is 8.78 Å². The number of aromatic nitrogens is 3. The maximum absolute atomic E-state index is 13.1. The lowest BCUT2D eigenvalue weighted by Gasteiger charge is -2.01. The van der Waals surface area contributed by atoms with Gasteiger partial charge in [-0.05, 0) is 29.7 Å². The van der Waals surface area contributed by atoms with Gasteiger partial charge in [-0.2, -0.15) is 0 Å². The smallest absolute Gasteiger partial charge is 0.159 e. The van der Waals surface area contributed by atoms with Crippen molar-refractivity contribution in [3.63, 3.8) is 0 Å². The van der Waals surface area contributed by atoms with Crippen LogP contribution in [0, 0.1) is 11.6 Å². The van der Waals surface area contributed by atoms with E-state index in [0.29, 0.717) is 12.1 Å². The van der Waals surface area contributed by atoms with Crippen molar-refractivity contribution in [3.8, 4) is 0 Å². The Morgan fingerprint density at radius 1 is 1.32 bits per heavy atom. The second-order valence-electron chi connectivity index (χ2n) is 4.40. The zero-order valence-corrected chi connectivity index (χ0v) is 10.7. The molecule has 0 aliphatic rings. The van der Waals surface area contributed by atoms with Crippen molar-refractivity contribution in [1.82, 2.24) is 15.0 Å². The molecule has 0 saturated carbocycles. The summed E-state index contributed by atoms with van der Waals surface area (Å²) in [6.07, 6.45) is 3.62. The minimum atomic E-state index is -0.853. The van der Waals surface area contributed by atoms with Crippen LogP contribution in [0.15, 0.2) is 31.0 Å². The molecule has 0 aliphatic heterocycles. The number of hydrogen-bond acceptors (Lipinski definition) is 2. The molecule has 0 saturated heterocycles. The van der Waals surface area contributed by atoms with Crippen molar-refractivity contribution in [1.29, 1.82) is 0 Å². The van der Waals surface area contributed by atoms with Crippen LogP contribution in [0.2, 0.25) is 0 Å². The maximum Gasteiger partial charge on any atom is 0.159 e. The zero-order chi connectivity index (χ0) is 13.8. The number of halogens is 2. The van der Waals surface area contributed by atoms with Gasteiger partial charge in [0.05, 0.1) is 12.7 Å². The molecule has 1 heterocycles. The number of nitrogens with zero attached hydrogens (tertiary/aromatic N) is 3. The van der Waals surface area contributed by atoms with Gasteiger partial charge in [0.2, 0.25) is 0 Å². The summed E-state index contributed by atoms with van der Waals surface area (Å²) in [7, 11) is 0. The molecule has 3 nitrogen and oxygen atoms in total. The van der Waals surface area contributed by atoms with Crippen molar-refractivity contribution in [2.75, 3.05) is 0 Å². The molecule has 0 N–H and O–H groups in total. The van der Waals surface area contributed by atoms with Gasteiger partial charge in [-0.1, -0.05) is 31.2 Å². The Kier molecular flexibility index (Phi) is 4.04. The van der Waals surface area contributed by atoms with E-state index in [1.54, 1.807) is 10.9 Å². The van der Waals surface area contributed by atoms with E-state index < -0.39 is 11.6 Å². The predicted molar refractivity (Wildman–Crippen MR) is 69.4 cm³/mol. The third-order valence-corrected chi connectivity index (χ3v) is 2.78. The average molecular weight is 263 g/mol. The molecule has 0 spiro atoms. The van der Waals surface area contributed by atoms with Gasteiger partial charge in [0.1, 0.15) is 5.69 Å². The standard InChI is InChI=1S/C14H15F2N3/c1-3-4-10(2)14-9-19(18-17-14)8-11-5-6-12(15)13(16)7-11/h5-7,9H,2-4,8H2,1H3. The first-order valence-corrected chi connectivity index (χ1v) is 6.12. The second kappa shape index (κ2) is 5.73. The SMILES string of the molecule is C=C(CCC)c1cn(Cc2ccc(F)c(F)c2)nn1. The largest absolute Gasteiger partial charge is 0.247 e. The van der Waals surface area contributed by atoms with Gasteiger partial charge in [0.25, 0.3) is 0 Å². The summed E-state index contributed by atoms with van der Waals surface area (Å²) in [5, 5.41) is 7.97. The Balaban J connectivity index is 2.11. The fourth-order valence-corrected chi connectivity index (χ4v) is 1.79. The van der Waals surface area contributed by atoms with Crippen molar-refractivity contribution < 1.29 is 8.78 Å². The van der Waals surface area contributed by atoms with Crippen LogP contribution in [-0.2, 0) is 6.54 Å². The van der Waals surface area contributed by atoms with Crippen LogP contribution in [0.4, 0.5) is 8.78 Å². The molecule has 0 amide bonds. The van der Waals surface area contributed by atoms with Crippen molar-refractivity contribution in [3.05, 3.63) is 53.9 Å². The van der Waals surface area contributed by atoms with Crippen molar-refractivity contribution in [2.24, 2.45) is 0 Å². The molecule has 0 bridgehead atoms. The van der Waals surface area contributed by atoms with Gasteiger partial charge >= 0.3 is 0 Å². The molecule has 100 valence electrons. The molecule has 0 radical (unpaired) electrons. The molecular weight excluding hydrogens is 248 g/mol. The number of allylic oxidation sites excluding steroid dienone is 1. The van der Waals surface area contributed by atoms with E-state index in [0.717, 1.165) is 36.2 Å². The normalized spacial score (nSPS) is 10.7. The molecule has 19 heavy (non-hydrogen) atoms. The Bertz CT molecular complexity index is 590. The molecule has 0 atom stereocenters. The zero-order valence-electron chi connectivity index (χ0n) is 10.7. The molecule has 1 aromatic heterocycles. The van der Waals surface area contributed by atoms with Crippen LogP contribution in [0.5, 0.6) is 0 Å². The van der Waals surface area contributed by atoms with Crippen LogP contribution < -0.4 is 0 Å². The molecular formula is C14H15F2N3. The fourth-order valence-electron chi connectivity index (χ4n) is 1.79. The molecule has 5 heteroatoms. The number of rotatable bonds is 5. The van der Waals surface area contributed by atoms with Crippen molar-refractivity contribution >= 4 is 5.57 Å². The minimum Gasteiger partial charge on any atom is -0.247 e. The summed E-state index contributed by atoms with van der Waals surface area (Å²) >= 11 is 0. The van der Waals surface area contributed by atoms with Crippen LogP contribution in [0.1, 0.15) is 31.0 Å². The van der Waals surface area contributed by atoms with Crippen LogP contribution in [-0.4, -0.2) is 15.0 Å².